The van der Waals surface area contributed by atoms with E-state index in [-0.39, 0.29) is 16.8 Å². The van der Waals surface area contributed by atoms with Crippen LogP contribution in [0.3, 0.4) is 0 Å². The topological polar surface area (TPSA) is 46.9 Å². The van der Waals surface area contributed by atoms with E-state index in [0.717, 1.165) is 16.9 Å². The lowest BCUT2D eigenvalue weighted by molar-refractivity contribution is 0.101. The summed E-state index contributed by atoms with van der Waals surface area (Å²) in [5, 5.41) is 5.85. The van der Waals surface area contributed by atoms with Crippen LogP contribution in [0.1, 0.15) is 22.5 Å². The van der Waals surface area contributed by atoms with Gasteiger partial charge in [-0.05, 0) is 23.8 Å². The quantitative estimate of drug-likeness (QED) is 0.691. The Morgan fingerprint density at radius 1 is 1.15 bits per heavy atom. The van der Waals surface area contributed by atoms with Gasteiger partial charge < -0.3 is 5.32 Å². The lowest BCUT2D eigenvalue weighted by atomic mass is 10.0. The molecule has 1 heterocycles. The Labute approximate surface area is 146 Å². The van der Waals surface area contributed by atoms with Crippen LogP contribution in [-0.4, -0.2) is 15.7 Å². The molecule has 0 radical (unpaired) electrons. The third kappa shape index (κ3) is 3.44. The van der Waals surface area contributed by atoms with Gasteiger partial charge in [-0.25, -0.2) is 17.6 Å². The highest BCUT2D eigenvalue weighted by atomic mass is 19.3. The molecule has 0 atom stereocenters. The highest BCUT2D eigenvalue weighted by Gasteiger charge is 2.24. The summed E-state index contributed by atoms with van der Waals surface area (Å²) < 4.78 is 54.9. The Morgan fingerprint density at radius 3 is 2.58 bits per heavy atom. The van der Waals surface area contributed by atoms with Gasteiger partial charge in [0.25, 0.3) is 12.3 Å². The number of anilines is 1. The number of hydrogen-bond acceptors (Lipinski definition) is 2. The maximum absolute atomic E-state index is 14.3. The van der Waals surface area contributed by atoms with Crippen molar-refractivity contribution < 1.29 is 22.4 Å². The molecular weight excluding hydrogens is 350 g/mol. The summed E-state index contributed by atoms with van der Waals surface area (Å²) >= 11 is 0. The predicted molar refractivity (Wildman–Crippen MR) is 87.9 cm³/mol. The van der Waals surface area contributed by atoms with Crippen LogP contribution in [0.4, 0.5) is 23.2 Å². The zero-order valence-electron chi connectivity index (χ0n) is 13.5. The molecule has 1 amide bonds. The number of carbonyl (C=O) groups excluding carboxylic acids is 1. The molecule has 3 rings (SSSR count). The van der Waals surface area contributed by atoms with E-state index in [1.54, 1.807) is 6.07 Å². The SMILES string of the molecule is Cn1cc(C(=O)Nc2c(F)cccc2-c2cccc(F)c2)c(C(F)F)n1. The van der Waals surface area contributed by atoms with Crippen molar-refractivity contribution in [3.8, 4) is 11.1 Å². The Balaban J connectivity index is 2.02. The number of benzene rings is 2. The highest BCUT2D eigenvalue weighted by molar-refractivity contribution is 6.07. The Kier molecular flexibility index (Phi) is 4.75. The Bertz CT molecular complexity index is 969. The molecule has 2 aromatic carbocycles. The van der Waals surface area contributed by atoms with E-state index in [1.807, 2.05) is 0 Å². The van der Waals surface area contributed by atoms with Gasteiger partial charge in [0, 0.05) is 18.8 Å². The number of alkyl halides is 2. The fourth-order valence-electron chi connectivity index (χ4n) is 2.57. The van der Waals surface area contributed by atoms with E-state index in [9.17, 15) is 22.4 Å². The van der Waals surface area contributed by atoms with Gasteiger partial charge in [0.2, 0.25) is 0 Å². The van der Waals surface area contributed by atoms with E-state index >= 15 is 0 Å². The van der Waals surface area contributed by atoms with Gasteiger partial charge in [-0.15, -0.1) is 0 Å². The summed E-state index contributed by atoms with van der Waals surface area (Å²) in [5.41, 5.74) is -0.739. The first kappa shape index (κ1) is 17.7. The first-order valence-electron chi connectivity index (χ1n) is 7.54. The minimum absolute atomic E-state index is 0.223. The number of rotatable bonds is 4. The van der Waals surface area contributed by atoms with Crippen LogP contribution in [0.2, 0.25) is 0 Å². The van der Waals surface area contributed by atoms with Gasteiger partial charge in [0.1, 0.15) is 17.3 Å². The molecule has 0 unspecified atom stereocenters. The number of para-hydroxylation sites is 1. The van der Waals surface area contributed by atoms with E-state index in [4.69, 9.17) is 0 Å². The number of amides is 1. The van der Waals surface area contributed by atoms with Crippen LogP contribution in [-0.2, 0) is 7.05 Å². The molecule has 1 N–H and O–H groups in total. The van der Waals surface area contributed by atoms with Gasteiger partial charge >= 0.3 is 0 Å². The molecule has 0 saturated carbocycles. The van der Waals surface area contributed by atoms with E-state index in [0.29, 0.717) is 5.56 Å². The second-order valence-corrected chi connectivity index (χ2v) is 5.53. The largest absolute Gasteiger partial charge is 0.319 e. The maximum atomic E-state index is 14.3. The highest BCUT2D eigenvalue weighted by Crippen LogP contribution is 2.31. The normalized spacial score (nSPS) is 11.0. The van der Waals surface area contributed by atoms with Crippen LogP contribution in [0.5, 0.6) is 0 Å². The molecule has 0 aliphatic heterocycles. The molecule has 0 bridgehead atoms. The third-order valence-corrected chi connectivity index (χ3v) is 3.70. The lowest BCUT2D eigenvalue weighted by Crippen LogP contribution is -2.15. The van der Waals surface area contributed by atoms with Gasteiger partial charge in [-0.2, -0.15) is 5.10 Å². The molecule has 8 heteroatoms. The van der Waals surface area contributed by atoms with Gasteiger partial charge in [-0.1, -0.05) is 24.3 Å². The van der Waals surface area contributed by atoms with Gasteiger partial charge in [0.05, 0.1) is 11.3 Å². The summed E-state index contributed by atoms with van der Waals surface area (Å²) in [6, 6.07) is 9.39. The minimum atomic E-state index is -2.96. The third-order valence-electron chi connectivity index (χ3n) is 3.70. The number of nitrogens with zero attached hydrogens (tertiary/aromatic N) is 2. The predicted octanol–water partition coefficient (Wildman–Crippen LogP) is 4.56. The van der Waals surface area contributed by atoms with E-state index in [2.05, 4.69) is 10.4 Å². The second kappa shape index (κ2) is 6.99. The monoisotopic (exact) mass is 363 g/mol. The van der Waals surface area contributed by atoms with Gasteiger partial charge in [-0.3, -0.25) is 9.48 Å². The van der Waals surface area contributed by atoms with E-state index in [1.165, 1.54) is 37.4 Å². The van der Waals surface area contributed by atoms with Crippen molar-refractivity contribution in [1.82, 2.24) is 9.78 Å². The molecule has 0 spiro atoms. The molecule has 134 valence electrons. The van der Waals surface area contributed by atoms with Crippen molar-refractivity contribution >= 4 is 11.6 Å². The average molecular weight is 363 g/mol. The van der Waals surface area contributed by atoms with Crippen molar-refractivity contribution in [3.05, 3.63) is 71.6 Å². The van der Waals surface area contributed by atoms with Crippen molar-refractivity contribution in [2.24, 2.45) is 7.05 Å². The number of hydrogen-bond donors (Lipinski definition) is 1. The van der Waals surface area contributed by atoms with E-state index < -0.39 is 29.7 Å². The first-order valence-corrected chi connectivity index (χ1v) is 7.54. The fourth-order valence-corrected chi connectivity index (χ4v) is 2.57. The summed E-state index contributed by atoms with van der Waals surface area (Å²) in [6.45, 7) is 0. The maximum Gasteiger partial charge on any atom is 0.282 e. The van der Waals surface area contributed by atoms with Crippen LogP contribution < -0.4 is 5.32 Å². The van der Waals surface area contributed by atoms with Crippen LogP contribution >= 0.6 is 0 Å². The summed E-state index contributed by atoms with van der Waals surface area (Å²) in [7, 11) is 1.39. The standard InChI is InChI=1S/C18H13F4N3O/c1-25-9-13(16(24-25)17(21)22)18(26)23-15-12(6-3-7-14(15)20)10-4-2-5-11(19)8-10/h2-9,17H,1H3,(H,23,26). The molecule has 0 fully saturated rings. The smallest absolute Gasteiger partial charge is 0.282 e. The Hall–Kier alpha value is -3.16. The molecule has 4 nitrogen and oxygen atoms in total. The summed E-state index contributed by atoms with van der Waals surface area (Å²) in [5.74, 6) is -2.24. The zero-order chi connectivity index (χ0) is 18.8. The molecular formula is C18H13F4N3O. The lowest BCUT2D eigenvalue weighted by Gasteiger charge is -2.12. The second-order valence-electron chi connectivity index (χ2n) is 5.53. The summed E-state index contributed by atoms with van der Waals surface area (Å²) in [6.07, 6.45) is -1.83. The fraction of sp³-hybridized carbons (Fsp3) is 0.111. The van der Waals surface area contributed by atoms with Crippen LogP contribution in [0.15, 0.2) is 48.7 Å². The molecule has 0 saturated heterocycles. The molecule has 26 heavy (non-hydrogen) atoms. The average Bonchev–Trinajstić information content (AvgIpc) is 2.99. The van der Waals surface area contributed by atoms with Crippen LogP contribution in [0.25, 0.3) is 11.1 Å². The number of nitrogens with one attached hydrogen (secondary N) is 1. The summed E-state index contributed by atoms with van der Waals surface area (Å²) in [4.78, 5) is 12.4. The number of carbonyl (C=O) groups is 1. The number of aromatic nitrogens is 2. The van der Waals surface area contributed by atoms with Crippen molar-refractivity contribution in [3.63, 3.8) is 0 Å². The number of halogens is 4. The molecule has 1 aromatic heterocycles. The molecule has 0 aliphatic rings. The molecule has 3 aromatic rings. The molecule has 0 aliphatic carbocycles. The Morgan fingerprint density at radius 2 is 1.88 bits per heavy atom. The van der Waals surface area contributed by atoms with Crippen molar-refractivity contribution in [2.45, 2.75) is 6.43 Å². The van der Waals surface area contributed by atoms with Crippen LogP contribution in [0, 0.1) is 11.6 Å². The van der Waals surface area contributed by atoms with Crippen molar-refractivity contribution in [1.29, 1.82) is 0 Å². The van der Waals surface area contributed by atoms with Gasteiger partial charge in [0.15, 0.2) is 0 Å². The number of aryl methyl sites for hydroxylation is 1. The van der Waals surface area contributed by atoms with Crippen molar-refractivity contribution in [2.75, 3.05) is 5.32 Å². The zero-order valence-corrected chi connectivity index (χ0v) is 13.5. The minimum Gasteiger partial charge on any atom is -0.319 e. The first-order chi connectivity index (χ1) is 12.4.